The van der Waals surface area contributed by atoms with Crippen molar-refractivity contribution in [1.29, 1.82) is 0 Å². The van der Waals surface area contributed by atoms with Crippen LogP contribution in [0, 0.1) is 0 Å². The van der Waals surface area contributed by atoms with Crippen LogP contribution in [-0.4, -0.2) is 26.4 Å². The van der Waals surface area contributed by atoms with Gasteiger partial charge >= 0.3 is 0 Å². The summed E-state index contributed by atoms with van der Waals surface area (Å²) in [6.07, 6.45) is 0.804. The van der Waals surface area contributed by atoms with Crippen LogP contribution in [0.5, 0.6) is 11.5 Å². The van der Waals surface area contributed by atoms with Gasteiger partial charge in [0.2, 0.25) is 4.96 Å². The van der Waals surface area contributed by atoms with Crippen LogP contribution in [0.25, 0.3) is 4.96 Å². The topological polar surface area (TPSA) is 61.5 Å². The second-order valence-corrected chi connectivity index (χ2v) is 5.37. The van der Waals surface area contributed by atoms with Crippen LogP contribution in [0.3, 0.4) is 0 Å². The maximum absolute atomic E-state index is 5.81. The zero-order valence-corrected chi connectivity index (χ0v) is 12.8. The summed E-state index contributed by atoms with van der Waals surface area (Å²) in [7, 11) is 0. The Kier molecular flexibility index (Phi) is 4.01. The fraction of sp³-hybridized carbons (Fsp3) is 0.357. The van der Waals surface area contributed by atoms with Gasteiger partial charge in [0.05, 0.1) is 6.61 Å². The molecule has 110 valence electrons. The van der Waals surface area contributed by atoms with Gasteiger partial charge in [0.25, 0.3) is 0 Å². The standard InChI is InChI=1S/C14H16N4O2S/c1-3-12-15-16-14-18(12)17-13(21-14)9-20-11-8-6-5-7-10(11)19-4-2/h5-8H,3-4,9H2,1-2H3. The molecule has 3 aromatic rings. The van der Waals surface area contributed by atoms with Crippen molar-refractivity contribution in [1.82, 2.24) is 19.8 Å². The first-order valence-electron chi connectivity index (χ1n) is 6.86. The van der Waals surface area contributed by atoms with Gasteiger partial charge < -0.3 is 9.47 Å². The lowest BCUT2D eigenvalue weighted by atomic mass is 10.3. The number of hydrogen-bond acceptors (Lipinski definition) is 6. The molecule has 3 rings (SSSR count). The van der Waals surface area contributed by atoms with Crippen molar-refractivity contribution in [3.8, 4) is 11.5 Å². The van der Waals surface area contributed by atoms with E-state index < -0.39 is 0 Å². The van der Waals surface area contributed by atoms with E-state index in [0.29, 0.717) is 13.2 Å². The third-order valence-electron chi connectivity index (χ3n) is 2.91. The number of fused-ring (bicyclic) bond motifs is 1. The smallest absolute Gasteiger partial charge is 0.234 e. The number of para-hydroxylation sites is 2. The average Bonchev–Trinajstić information content (AvgIpc) is 3.06. The van der Waals surface area contributed by atoms with Gasteiger partial charge in [-0.25, -0.2) is 0 Å². The number of rotatable bonds is 6. The molecule has 0 bridgehead atoms. The van der Waals surface area contributed by atoms with Crippen LogP contribution in [0.1, 0.15) is 24.7 Å². The zero-order chi connectivity index (χ0) is 14.7. The van der Waals surface area contributed by atoms with Crippen molar-refractivity contribution in [3.05, 3.63) is 35.1 Å². The summed E-state index contributed by atoms with van der Waals surface area (Å²) in [5, 5.41) is 13.5. The molecule has 7 heteroatoms. The fourth-order valence-corrected chi connectivity index (χ4v) is 2.72. The van der Waals surface area contributed by atoms with E-state index in [2.05, 4.69) is 15.3 Å². The summed E-state index contributed by atoms with van der Waals surface area (Å²) in [6, 6.07) is 7.63. The number of aromatic nitrogens is 4. The molecule has 0 atom stereocenters. The van der Waals surface area contributed by atoms with Crippen LogP contribution in [-0.2, 0) is 13.0 Å². The van der Waals surface area contributed by atoms with Crippen molar-refractivity contribution in [2.24, 2.45) is 0 Å². The molecule has 0 aliphatic rings. The van der Waals surface area contributed by atoms with Gasteiger partial charge in [-0.1, -0.05) is 30.4 Å². The minimum Gasteiger partial charge on any atom is -0.490 e. The van der Waals surface area contributed by atoms with Crippen molar-refractivity contribution < 1.29 is 9.47 Å². The van der Waals surface area contributed by atoms with E-state index in [9.17, 15) is 0 Å². The summed E-state index contributed by atoms with van der Waals surface area (Å²) >= 11 is 1.48. The molecule has 2 heterocycles. The Labute approximate surface area is 126 Å². The molecule has 0 aliphatic heterocycles. The molecule has 21 heavy (non-hydrogen) atoms. The van der Waals surface area contributed by atoms with E-state index in [1.54, 1.807) is 4.52 Å². The predicted molar refractivity (Wildman–Crippen MR) is 80.0 cm³/mol. The van der Waals surface area contributed by atoms with Gasteiger partial charge in [-0.15, -0.1) is 10.2 Å². The second-order valence-electron chi connectivity index (χ2n) is 4.33. The molecule has 0 unspecified atom stereocenters. The first-order chi connectivity index (χ1) is 10.3. The van der Waals surface area contributed by atoms with Crippen LogP contribution in [0.4, 0.5) is 0 Å². The molecule has 1 aromatic carbocycles. The Morgan fingerprint density at radius 3 is 2.57 bits per heavy atom. The van der Waals surface area contributed by atoms with Crippen LogP contribution < -0.4 is 9.47 Å². The predicted octanol–water partition coefficient (Wildman–Crippen LogP) is 2.73. The molecule has 2 aromatic heterocycles. The van der Waals surface area contributed by atoms with E-state index in [4.69, 9.17) is 9.47 Å². The number of hydrogen-bond donors (Lipinski definition) is 0. The quantitative estimate of drug-likeness (QED) is 0.700. The summed E-state index contributed by atoms with van der Waals surface area (Å²) in [5.41, 5.74) is 0. The molecule has 0 N–H and O–H groups in total. The first kappa shape index (κ1) is 13.8. The molecule has 0 spiro atoms. The Morgan fingerprint density at radius 2 is 1.86 bits per heavy atom. The third kappa shape index (κ3) is 2.82. The molecule has 0 radical (unpaired) electrons. The van der Waals surface area contributed by atoms with E-state index >= 15 is 0 Å². The Hall–Kier alpha value is -2.15. The second kappa shape index (κ2) is 6.09. The first-order valence-corrected chi connectivity index (χ1v) is 7.68. The van der Waals surface area contributed by atoms with Crippen molar-refractivity contribution in [2.45, 2.75) is 26.9 Å². The van der Waals surface area contributed by atoms with E-state index in [0.717, 1.165) is 33.7 Å². The van der Waals surface area contributed by atoms with Crippen molar-refractivity contribution in [2.75, 3.05) is 6.61 Å². The molecular weight excluding hydrogens is 288 g/mol. The summed E-state index contributed by atoms with van der Waals surface area (Å²) in [4.78, 5) is 0.795. The normalized spacial score (nSPS) is 11.0. The maximum Gasteiger partial charge on any atom is 0.234 e. The molecule has 0 saturated heterocycles. The Morgan fingerprint density at radius 1 is 1.10 bits per heavy atom. The van der Waals surface area contributed by atoms with Gasteiger partial charge in [0.15, 0.2) is 22.3 Å². The van der Waals surface area contributed by atoms with E-state index in [1.165, 1.54) is 11.3 Å². The highest BCUT2D eigenvalue weighted by atomic mass is 32.1. The number of ether oxygens (including phenoxy) is 2. The highest BCUT2D eigenvalue weighted by Crippen LogP contribution is 2.27. The van der Waals surface area contributed by atoms with Crippen LogP contribution in [0.15, 0.2) is 24.3 Å². The SMILES string of the molecule is CCOc1ccccc1OCc1nn2c(CC)nnc2s1. The van der Waals surface area contributed by atoms with Gasteiger partial charge in [0.1, 0.15) is 6.61 Å². The molecule has 0 aliphatic carbocycles. The highest BCUT2D eigenvalue weighted by molar-refractivity contribution is 7.16. The van der Waals surface area contributed by atoms with Gasteiger partial charge in [-0.3, -0.25) is 0 Å². The highest BCUT2D eigenvalue weighted by Gasteiger charge is 2.11. The Balaban J connectivity index is 1.75. The molecular formula is C14H16N4O2S. The Bertz CT molecular complexity index is 737. The van der Waals surface area contributed by atoms with Crippen molar-refractivity contribution in [3.63, 3.8) is 0 Å². The van der Waals surface area contributed by atoms with Crippen molar-refractivity contribution >= 4 is 16.3 Å². The number of nitrogens with zero attached hydrogens (tertiary/aromatic N) is 4. The minimum atomic E-state index is 0.390. The maximum atomic E-state index is 5.81. The zero-order valence-electron chi connectivity index (χ0n) is 11.9. The molecule has 0 saturated carbocycles. The minimum absolute atomic E-state index is 0.390. The lowest BCUT2D eigenvalue weighted by Gasteiger charge is -2.10. The number of benzene rings is 1. The summed E-state index contributed by atoms with van der Waals surface area (Å²) in [6.45, 7) is 4.98. The van der Waals surface area contributed by atoms with Gasteiger partial charge in [-0.2, -0.15) is 9.61 Å². The molecule has 0 fully saturated rings. The van der Waals surface area contributed by atoms with Gasteiger partial charge in [-0.05, 0) is 19.1 Å². The average molecular weight is 304 g/mol. The third-order valence-corrected chi connectivity index (χ3v) is 3.79. The lowest BCUT2D eigenvalue weighted by Crippen LogP contribution is -2.00. The fourth-order valence-electron chi connectivity index (χ4n) is 1.96. The summed E-state index contributed by atoms with van der Waals surface area (Å²) < 4.78 is 13.1. The monoisotopic (exact) mass is 304 g/mol. The van der Waals surface area contributed by atoms with E-state index in [-0.39, 0.29) is 0 Å². The van der Waals surface area contributed by atoms with Gasteiger partial charge in [0, 0.05) is 6.42 Å². The summed E-state index contributed by atoms with van der Waals surface area (Å²) in [5.74, 6) is 2.33. The largest absolute Gasteiger partial charge is 0.490 e. The van der Waals surface area contributed by atoms with Crippen LogP contribution in [0.2, 0.25) is 0 Å². The van der Waals surface area contributed by atoms with E-state index in [1.807, 2.05) is 38.1 Å². The number of aryl methyl sites for hydroxylation is 1. The molecule has 0 amide bonds. The molecule has 6 nitrogen and oxygen atoms in total. The lowest BCUT2D eigenvalue weighted by molar-refractivity contribution is 0.268. The van der Waals surface area contributed by atoms with Crippen LogP contribution >= 0.6 is 11.3 Å².